The summed E-state index contributed by atoms with van der Waals surface area (Å²) >= 11 is 0. The van der Waals surface area contributed by atoms with E-state index >= 15 is 0 Å². The maximum absolute atomic E-state index is 6.07. The molecule has 0 fully saturated rings. The minimum Gasteiger partial charge on any atom is -0.414 e. The summed E-state index contributed by atoms with van der Waals surface area (Å²) in [5, 5.41) is 0.229. The molecule has 33 heavy (non-hydrogen) atoms. The minimum atomic E-state index is -1.68. The lowest BCUT2D eigenvalue weighted by molar-refractivity contribution is -0.0188. The summed E-state index contributed by atoms with van der Waals surface area (Å²) in [6.45, 7) is 18.7. The van der Waals surface area contributed by atoms with Gasteiger partial charge in [0.25, 0.3) is 0 Å². The maximum atomic E-state index is 6.07. The molecule has 0 aliphatic carbocycles. The van der Waals surface area contributed by atoms with E-state index in [9.17, 15) is 0 Å². The predicted molar refractivity (Wildman–Crippen MR) is 133 cm³/mol. The van der Waals surface area contributed by atoms with Gasteiger partial charge in [-0.25, -0.2) is 0 Å². The topological polar surface area (TPSA) is 64.6 Å². The molecule has 1 rings (SSSR count). The molecular weight excluding hydrogens is 440 g/mol. The number of hydrogen-bond donors (Lipinski definition) is 0. The second kappa shape index (κ2) is 18.5. The fraction of sp³-hybridized carbons (Fsp3) is 0.760. The van der Waals surface area contributed by atoms with Gasteiger partial charge in [-0.15, -0.1) is 0 Å². The summed E-state index contributed by atoms with van der Waals surface area (Å²) in [5.41, 5.74) is 1.17. The van der Waals surface area contributed by atoms with Gasteiger partial charge in [-0.3, -0.25) is 0 Å². The van der Waals surface area contributed by atoms with E-state index in [-0.39, 0.29) is 5.04 Å². The Morgan fingerprint density at radius 2 is 0.909 bits per heavy atom. The molecule has 0 aliphatic heterocycles. The minimum absolute atomic E-state index is 0.229. The third kappa shape index (κ3) is 16.4. The Kier molecular flexibility index (Phi) is 16.9. The highest BCUT2D eigenvalue weighted by molar-refractivity contribution is 6.74. The summed E-state index contributed by atoms with van der Waals surface area (Å²) in [5.74, 6) is 0. The van der Waals surface area contributed by atoms with Crippen molar-refractivity contribution in [1.82, 2.24) is 0 Å². The van der Waals surface area contributed by atoms with Crippen LogP contribution in [0.4, 0.5) is 0 Å². The zero-order valence-electron chi connectivity index (χ0n) is 21.4. The third-order valence-corrected chi connectivity index (χ3v) is 10.0. The van der Waals surface area contributed by atoms with Crippen LogP contribution >= 0.6 is 0 Å². The van der Waals surface area contributed by atoms with Crippen molar-refractivity contribution in [2.75, 3.05) is 79.3 Å². The zero-order chi connectivity index (χ0) is 24.3. The lowest BCUT2D eigenvalue weighted by atomic mass is 10.2. The van der Waals surface area contributed by atoms with Crippen LogP contribution in [0, 0.1) is 0 Å². The summed E-state index contributed by atoms with van der Waals surface area (Å²) in [4.78, 5) is 0. The summed E-state index contributed by atoms with van der Waals surface area (Å²) in [6.07, 6.45) is 0. The number of rotatable bonds is 21. The van der Waals surface area contributed by atoms with Crippen molar-refractivity contribution in [3.63, 3.8) is 0 Å². The largest absolute Gasteiger partial charge is 0.414 e. The van der Waals surface area contributed by atoms with Gasteiger partial charge in [0.1, 0.15) is 0 Å². The van der Waals surface area contributed by atoms with Crippen molar-refractivity contribution in [2.45, 2.75) is 45.5 Å². The van der Waals surface area contributed by atoms with Gasteiger partial charge >= 0.3 is 0 Å². The van der Waals surface area contributed by atoms with Crippen molar-refractivity contribution in [1.29, 1.82) is 0 Å². The highest BCUT2D eigenvalue weighted by Crippen LogP contribution is 2.36. The Labute approximate surface area is 202 Å². The molecule has 1 aromatic carbocycles. The Morgan fingerprint density at radius 3 is 1.30 bits per heavy atom. The van der Waals surface area contributed by atoms with Crippen molar-refractivity contribution in [2.24, 2.45) is 0 Å². The molecule has 0 spiro atoms. The molecular formula is C25H46O7Si. The monoisotopic (exact) mass is 486 g/mol. The SMILES string of the molecule is CC(C)(C)[Si](C)(C)OCCOCCOCCOCCOCCOCCOCc1ccccc1. The van der Waals surface area contributed by atoms with E-state index in [1.165, 1.54) is 5.56 Å². The van der Waals surface area contributed by atoms with Crippen LogP contribution in [0.5, 0.6) is 0 Å². The van der Waals surface area contributed by atoms with Gasteiger partial charge in [-0.2, -0.15) is 0 Å². The molecule has 8 heteroatoms. The second-order valence-corrected chi connectivity index (χ2v) is 14.0. The van der Waals surface area contributed by atoms with E-state index in [4.69, 9.17) is 32.8 Å². The normalized spacial score (nSPS) is 12.4. The van der Waals surface area contributed by atoms with E-state index in [2.05, 4.69) is 33.9 Å². The lowest BCUT2D eigenvalue weighted by Gasteiger charge is -2.36. The molecule has 0 amide bonds. The Morgan fingerprint density at radius 1 is 0.545 bits per heavy atom. The van der Waals surface area contributed by atoms with Crippen molar-refractivity contribution < 1.29 is 32.8 Å². The molecule has 0 unspecified atom stereocenters. The van der Waals surface area contributed by atoms with Crippen LogP contribution in [0.25, 0.3) is 0 Å². The quantitative estimate of drug-likeness (QED) is 0.189. The van der Waals surface area contributed by atoms with Gasteiger partial charge in [-0.05, 0) is 23.7 Å². The van der Waals surface area contributed by atoms with Crippen LogP contribution in [0.3, 0.4) is 0 Å². The molecule has 0 N–H and O–H groups in total. The van der Waals surface area contributed by atoms with Crippen molar-refractivity contribution in [3.8, 4) is 0 Å². The molecule has 0 saturated carbocycles. The van der Waals surface area contributed by atoms with Crippen LogP contribution in [-0.2, 0) is 39.5 Å². The summed E-state index contributed by atoms with van der Waals surface area (Å²) < 4.78 is 39.1. The molecule has 0 aliphatic rings. The molecule has 0 heterocycles. The Hall–Kier alpha value is -0.843. The highest BCUT2D eigenvalue weighted by atomic mass is 28.4. The lowest BCUT2D eigenvalue weighted by Crippen LogP contribution is -2.41. The molecule has 192 valence electrons. The van der Waals surface area contributed by atoms with E-state index in [1.54, 1.807) is 0 Å². The average Bonchev–Trinajstić information content (AvgIpc) is 2.77. The number of benzene rings is 1. The van der Waals surface area contributed by atoms with E-state index in [0.717, 1.165) is 0 Å². The van der Waals surface area contributed by atoms with E-state index < -0.39 is 8.32 Å². The molecule has 0 atom stereocenters. The molecule has 1 aromatic rings. The fourth-order valence-electron chi connectivity index (χ4n) is 2.44. The van der Waals surface area contributed by atoms with Gasteiger partial charge in [-0.1, -0.05) is 51.1 Å². The summed E-state index contributed by atoms with van der Waals surface area (Å²) in [7, 11) is -1.68. The third-order valence-electron chi connectivity index (χ3n) is 5.47. The smallest absolute Gasteiger partial charge is 0.192 e. The van der Waals surface area contributed by atoms with Crippen LogP contribution in [0.2, 0.25) is 18.1 Å². The highest BCUT2D eigenvalue weighted by Gasteiger charge is 2.36. The van der Waals surface area contributed by atoms with Crippen molar-refractivity contribution in [3.05, 3.63) is 35.9 Å². The average molecular weight is 487 g/mol. The molecule has 0 saturated heterocycles. The van der Waals surface area contributed by atoms with Gasteiger partial charge in [0.05, 0.1) is 85.9 Å². The molecule has 0 aromatic heterocycles. The van der Waals surface area contributed by atoms with Crippen LogP contribution in [0.1, 0.15) is 26.3 Å². The standard InChI is InChI=1S/C25H46O7Si/c1-25(2,3)33(4,5)32-22-21-30-18-17-28-14-13-26-11-12-27-15-16-29-19-20-31-23-24-9-7-6-8-10-24/h6-10H,11-23H2,1-5H3. The van der Waals surface area contributed by atoms with Crippen LogP contribution in [-0.4, -0.2) is 87.6 Å². The Balaban J connectivity index is 1.73. The first-order valence-corrected chi connectivity index (χ1v) is 14.9. The summed E-state index contributed by atoms with van der Waals surface area (Å²) in [6, 6.07) is 10.1. The number of ether oxygens (including phenoxy) is 6. The predicted octanol–water partition coefficient (Wildman–Crippen LogP) is 4.31. The van der Waals surface area contributed by atoms with E-state index in [0.29, 0.717) is 85.9 Å². The zero-order valence-corrected chi connectivity index (χ0v) is 22.4. The van der Waals surface area contributed by atoms with Gasteiger partial charge in [0.2, 0.25) is 0 Å². The first kappa shape index (κ1) is 30.2. The Bertz CT molecular complexity index is 564. The molecule has 7 nitrogen and oxygen atoms in total. The van der Waals surface area contributed by atoms with Crippen LogP contribution < -0.4 is 0 Å². The molecule has 0 bridgehead atoms. The first-order valence-electron chi connectivity index (χ1n) is 12.0. The van der Waals surface area contributed by atoms with E-state index in [1.807, 2.05) is 30.3 Å². The number of hydrogen-bond acceptors (Lipinski definition) is 7. The van der Waals surface area contributed by atoms with Crippen molar-refractivity contribution >= 4 is 8.32 Å². The first-order chi connectivity index (χ1) is 15.8. The fourth-order valence-corrected chi connectivity index (χ4v) is 3.46. The molecule has 0 radical (unpaired) electrons. The van der Waals surface area contributed by atoms with Gasteiger partial charge in [0, 0.05) is 0 Å². The van der Waals surface area contributed by atoms with Gasteiger partial charge < -0.3 is 32.8 Å². The van der Waals surface area contributed by atoms with Crippen LogP contribution in [0.15, 0.2) is 30.3 Å². The second-order valence-electron chi connectivity index (χ2n) is 9.21. The van der Waals surface area contributed by atoms with Gasteiger partial charge in [0.15, 0.2) is 8.32 Å². The maximum Gasteiger partial charge on any atom is 0.192 e.